The lowest BCUT2D eigenvalue weighted by Crippen LogP contribution is -2.00. The summed E-state index contributed by atoms with van der Waals surface area (Å²) in [6.07, 6.45) is 5.71. The number of pyridine rings is 1. The summed E-state index contributed by atoms with van der Waals surface area (Å²) >= 11 is 1.17. The molecule has 0 N–H and O–H groups in total. The Labute approximate surface area is 157 Å². The Morgan fingerprint density at radius 3 is 2.33 bits per heavy atom. The van der Waals surface area contributed by atoms with Crippen molar-refractivity contribution >= 4 is 17.4 Å². The highest BCUT2D eigenvalue weighted by Crippen LogP contribution is 2.30. The second-order valence-electron chi connectivity index (χ2n) is 5.30. The molecule has 0 aliphatic rings. The molecule has 9 nitrogen and oxygen atoms in total. The molecule has 1 aromatic carbocycles. The molecule has 10 heteroatoms. The Morgan fingerprint density at radius 1 is 0.963 bits per heavy atom. The fraction of sp³-hybridized carbons (Fsp3) is 0. The number of para-hydroxylation sites is 1. The van der Waals surface area contributed by atoms with Crippen LogP contribution in [0.4, 0.5) is 5.69 Å². The summed E-state index contributed by atoms with van der Waals surface area (Å²) in [5.41, 5.74) is 1.57. The zero-order valence-corrected chi connectivity index (χ0v) is 14.5. The van der Waals surface area contributed by atoms with Crippen LogP contribution in [0.25, 0.3) is 17.1 Å². The number of nitrogens with zero attached hydrogens (tertiary/aromatic N) is 7. The van der Waals surface area contributed by atoms with Crippen LogP contribution in [0.5, 0.6) is 0 Å². The van der Waals surface area contributed by atoms with Crippen molar-refractivity contribution in [1.82, 2.24) is 29.7 Å². The molecule has 0 saturated heterocycles. The lowest BCUT2D eigenvalue weighted by molar-refractivity contribution is -0.385. The lowest BCUT2D eigenvalue weighted by Gasteiger charge is -2.09. The third-order valence-electron chi connectivity index (χ3n) is 3.59. The molecule has 0 amide bonds. The van der Waals surface area contributed by atoms with Crippen LogP contribution in [-0.4, -0.2) is 34.6 Å². The van der Waals surface area contributed by atoms with E-state index >= 15 is 0 Å². The van der Waals surface area contributed by atoms with Crippen LogP contribution in [0.1, 0.15) is 0 Å². The first-order valence-electron chi connectivity index (χ1n) is 7.78. The molecule has 132 valence electrons. The molecule has 27 heavy (non-hydrogen) atoms. The Morgan fingerprint density at radius 2 is 1.67 bits per heavy atom. The zero-order valence-electron chi connectivity index (χ0n) is 13.7. The summed E-state index contributed by atoms with van der Waals surface area (Å²) in [4.78, 5) is 22.3. The van der Waals surface area contributed by atoms with Crippen molar-refractivity contribution in [2.24, 2.45) is 0 Å². The van der Waals surface area contributed by atoms with E-state index < -0.39 is 4.92 Å². The maximum atomic E-state index is 10.8. The molecular formula is C17H11N7O2S. The average Bonchev–Trinajstić information content (AvgIpc) is 3.13. The van der Waals surface area contributed by atoms with Gasteiger partial charge in [0, 0.05) is 23.6 Å². The zero-order chi connectivity index (χ0) is 18.6. The van der Waals surface area contributed by atoms with Gasteiger partial charge in [-0.3, -0.25) is 19.7 Å². The second-order valence-corrected chi connectivity index (χ2v) is 6.23. The minimum atomic E-state index is -0.539. The van der Waals surface area contributed by atoms with Gasteiger partial charge in [0.05, 0.1) is 4.92 Å². The van der Waals surface area contributed by atoms with Gasteiger partial charge in [0.2, 0.25) is 5.16 Å². The van der Waals surface area contributed by atoms with Crippen molar-refractivity contribution < 1.29 is 4.92 Å². The lowest BCUT2D eigenvalue weighted by atomic mass is 10.2. The molecule has 0 unspecified atom stereocenters. The van der Waals surface area contributed by atoms with Gasteiger partial charge in [-0.15, -0.1) is 10.2 Å². The van der Waals surface area contributed by atoms with Crippen molar-refractivity contribution in [2.45, 2.75) is 10.3 Å². The van der Waals surface area contributed by atoms with E-state index in [-0.39, 0.29) is 5.69 Å². The average molecular weight is 377 g/mol. The predicted molar refractivity (Wildman–Crippen MR) is 97.4 cm³/mol. The summed E-state index contributed by atoms with van der Waals surface area (Å²) in [5, 5.41) is 20.2. The summed E-state index contributed by atoms with van der Waals surface area (Å²) in [6.45, 7) is 0. The molecule has 4 rings (SSSR count). The van der Waals surface area contributed by atoms with Gasteiger partial charge >= 0.3 is 5.69 Å². The van der Waals surface area contributed by atoms with Crippen LogP contribution >= 0.6 is 11.8 Å². The first-order valence-corrected chi connectivity index (χ1v) is 8.59. The van der Waals surface area contributed by atoms with Crippen molar-refractivity contribution in [3.8, 4) is 17.1 Å². The monoisotopic (exact) mass is 377 g/mol. The Hall–Kier alpha value is -3.66. The number of benzene rings is 1. The van der Waals surface area contributed by atoms with Crippen LogP contribution in [0, 0.1) is 10.1 Å². The smallest absolute Gasteiger partial charge is 0.270 e. The van der Waals surface area contributed by atoms with Crippen LogP contribution < -0.4 is 0 Å². The summed E-state index contributed by atoms with van der Waals surface area (Å²) < 4.78 is 1.88. The highest BCUT2D eigenvalue weighted by atomic mass is 32.2. The number of aromatic nitrogens is 6. The Balaban J connectivity index is 1.77. The normalized spacial score (nSPS) is 10.7. The predicted octanol–water partition coefficient (Wildman–Crippen LogP) is 3.18. The third-order valence-corrected chi connectivity index (χ3v) is 4.43. The van der Waals surface area contributed by atoms with Gasteiger partial charge in [-0.25, -0.2) is 9.97 Å². The minimum Gasteiger partial charge on any atom is -0.270 e. The second kappa shape index (κ2) is 7.30. The van der Waals surface area contributed by atoms with E-state index in [1.54, 1.807) is 12.4 Å². The molecule has 0 aliphatic carbocycles. The van der Waals surface area contributed by atoms with E-state index in [1.807, 2.05) is 47.0 Å². The largest absolute Gasteiger partial charge is 0.305 e. The molecule has 0 bridgehead atoms. The third kappa shape index (κ3) is 3.51. The number of rotatable bonds is 5. The van der Waals surface area contributed by atoms with Crippen LogP contribution in [0.3, 0.4) is 0 Å². The highest BCUT2D eigenvalue weighted by Gasteiger charge is 2.18. The van der Waals surface area contributed by atoms with Gasteiger partial charge in [0.25, 0.3) is 0 Å². The molecule has 3 aromatic heterocycles. The molecule has 3 heterocycles. The molecule has 0 atom stereocenters. The first-order chi connectivity index (χ1) is 13.2. The van der Waals surface area contributed by atoms with E-state index in [1.165, 1.54) is 24.2 Å². The Kier molecular flexibility index (Phi) is 4.54. The first kappa shape index (κ1) is 16.8. The minimum absolute atomic E-state index is 0.165. The van der Waals surface area contributed by atoms with Crippen LogP contribution in [0.2, 0.25) is 0 Å². The molecule has 0 aliphatic heterocycles. The molecular weight excluding hydrogens is 366 g/mol. The summed E-state index contributed by atoms with van der Waals surface area (Å²) in [5.74, 6) is 0.646. The van der Waals surface area contributed by atoms with Crippen LogP contribution in [0.15, 0.2) is 77.6 Å². The molecule has 0 radical (unpaired) electrons. The quantitative estimate of drug-likeness (QED) is 0.296. The van der Waals surface area contributed by atoms with E-state index in [4.69, 9.17) is 0 Å². The van der Waals surface area contributed by atoms with Crippen LogP contribution in [-0.2, 0) is 0 Å². The molecule has 0 spiro atoms. The number of nitro groups is 1. The van der Waals surface area contributed by atoms with Crippen molar-refractivity contribution in [3.05, 3.63) is 77.4 Å². The number of hydrogen-bond acceptors (Lipinski definition) is 8. The molecule has 0 fully saturated rings. The van der Waals surface area contributed by atoms with Gasteiger partial charge < -0.3 is 0 Å². The fourth-order valence-corrected chi connectivity index (χ4v) is 3.11. The maximum Gasteiger partial charge on any atom is 0.305 e. The summed E-state index contributed by atoms with van der Waals surface area (Å²) in [6, 6.07) is 13.3. The fourth-order valence-electron chi connectivity index (χ4n) is 2.37. The Bertz CT molecular complexity index is 1070. The molecule has 4 aromatic rings. The standard InChI is InChI=1S/C17H11N7O2S/c25-24(26)14-10-19-16(20-11-14)27-17-22-21-15(12-6-8-18-9-7-12)23(17)13-4-2-1-3-5-13/h1-11H. The topological polar surface area (TPSA) is 113 Å². The van der Waals surface area contributed by atoms with E-state index in [9.17, 15) is 10.1 Å². The van der Waals surface area contributed by atoms with Gasteiger partial charge in [0.1, 0.15) is 12.4 Å². The van der Waals surface area contributed by atoms with Crippen molar-refractivity contribution in [3.63, 3.8) is 0 Å². The van der Waals surface area contributed by atoms with Crippen molar-refractivity contribution in [2.75, 3.05) is 0 Å². The van der Waals surface area contributed by atoms with E-state index in [2.05, 4.69) is 25.1 Å². The van der Waals surface area contributed by atoms with Gasteiger partial charge in [-0.05, 0) is 36.0 Å². The molecule has 0 saturated carbocycles. The summed E-state index contributed by atoms with van der Waals surface area (Å²) in [7, 11) is 0. The number of hydrogen-bond donors (Lipinski definition) is 0. The van der Waals surface area contributed by atoms with E-state index in [0.29, 0.717) is 16.1 Å². The van der Waals surface area contributed by atoms with Gasteiger partial charge in [-0.2, -0.15) is 0 Å². The maximum absolute atomic E-state index is 10.8. The highest BCUT2D eigenvalue weighted by molar-refractivity contribution is 7.99. The van der Waals surface area contributed by atoms with E-state index in [0.717, 1.165) is 11.3 Å². The van der Waals surface area contributed by atoms with Gasteiger partial charge in [-0.1, -0.05) is 18.2 Å². The SMILES string of the molecule is O=[N+]([O-])c1cnc(Sc2nnc(-c3ccncc3)n2-c2ccccc2)nc1. The van der Waals surface area contributed by atoms with Crippen molar-refractivity contribution in [1.29, 1.82) is 0 Å². The van der Waals surface area contributed by atoms with Gasteiger partial charge in [0.15, 0.2) is 11.0 Å².